The Kier molecular flexibility index (Phi) is 5.12. The van der Waals surface area contributed by atoms with Gasteiger partial charge in [0.25, 0.3) is 5.91 Å². The molecular weight excluding hydrogens is 364 g/mol. The van der Waals surface area contributed by atoms with Crippen molar-refractivity contribution < 1.29 is 14.5 Å². The van der Waals surface area contributed by atoms with Crippen LogP contribution in [0.25, 0.3) is 0 Å². The predicted octanol–water partition coefficient (Wildman–Crippen LogP) is 2.75. The first-order valence-electron chi connectivity index (χ1n) is 8.50. The third-order valence-electron chi connectivity index (χ3n) is 4.51. The van der Waals surface area contributed by atoms with E-state index in [4.69, 9.17) is 4.74 Å². The van der Waals surface area contributed by atoms with Crippen LogP contribution in [0.4, 0.5) is 11.4 Å². The molecule has 1 amide bonds. The molecule has 2 N–H and O–H groups in total. The van der Waals surface area contributed by atoms with Crippen LogP contribution in [-0.2, 0) is 6.54 Å². The second-order valence-corrected chi connectivity index (χ2v) is 6.30. The number of nitrogens with zero attached hydrogens (tertiary/aromatic N) is 4. The fourth-order valence-electron chi connectivity index (χ4n) is 2.95. The van der Waals surface area contributed by atoms with Gasteiger partial charge in [-0.3, -0.25) is 24.7 Å². The molecule has 28 heavy (non-hydrogen) atoms. The molecule has 1 aromatic carbocycles. The average Bonchev–Trinajstić information content (AvgIpc) is 3.20. The van der Waals surface area contributed by atoms with E-state index in [1.54, 1.807) is 11.6 Å². The first kappa shape index (κ1) is 19.1. The van der Waals surface area contributed by atoms with Crippen LogP contribution in [0.15, 0.2) is 24.3 Å². The SMILES string of the molecule is COc1n[nH]c(C(=O)Nc2c(C)nn(Cc3ccccc3C)c2C)c1[N+](=O)[O-]. The van der Waals surface area contributed by atoms with Gasteiger partial charge in [-0.1, -0.05) is 24.3 Å². The number of carbonyl (C=O) groups is 1. The maximum Gasteiger partial charge on any atom is 0.362 e. The van der Waals surface area contributed by atoms with Gasteiger partial charge >= 0.3 is 11.6 Å². The Morgan fingerprint density at radius 1 is 1.32 bits per heavy atom. The highest BCUT2D eigenvalue weighted by Crippen LogP contribution is 2.29. The molecule has 0 aliphatic carbocycles. The van der Waals surface area contributed by atoms with Gasteiger partial charge in [-0.15, -0.1) is 5.10 Å². The molecule has 0 bridgehead atoms. The fourth-order valence-corrected chi connectivity index (χ4v) is 2.95. The molecule has 0 fully saturated rings. The van der Waals surface area contributed by atoms with Crippen molar-refractivity contribution in [1.82, 2.24) is 20.0 Å². The highest BCUT2D eigenvalue weighted by Gasteiger charge is 2.31. The zero-order valence-corrected chi connectivity index (χ0v) is 15.9. The van der Waals surface area contributed by atoms with E-state index in [-0.39, 0.29) is 11.6 Å². The lowest BCUT2D eigenvalue weighted by Crippen LogP contribution is -2.15. The summed E-state index contributed by atoms with van der Waals surface area (Å²) in [7, 11) is 1.24. The Morgan fingerprint density at radius 3 is 2.68 bits per heavy atom. The number of anilines is 1. The molecule has 0 saturated heterocycles. The Hall–Kier alpha value is -3.69. The van der Waals surface area contributed by atoms with Crippen molar-refractivity contribution in [1.29, 1.82) is 0 Å². The van der Waals surface area contributed by atoms with E-state index in [9.17, 15) is 14.9 Å². The summed E-state index contributed by atoms with van der Waals surface area (Å²) in [6, 6.07) is 7.97. The first-order chi connectivity index (χ1) is 13.3. The minimum Gasteiger partial charge on any atom is -0.475 e. The molecule has 2 heterocycles. The Balaban J connectivity index is 1.89. The van der Waals surface area contributed by atoms with Crippen molar-refractivity contribution in [2.45, 2.75) is 27.3 Å². The number of hydrogen-bond donors (Lipinski definition) is 2. The van der Waals surface area contributed by atoms with E-state index >= 15 is 0 Å². The molecule has 0 aliphatic rings. The number of hydrogen-bond acceptors (Lipinski definition) is 6. The van der Waals surface area contributed by atoms with Crippen molar-refractivity contribution in [2.75, 3.05) is 12.4 Å². The topological polar surface area (TPSA) is 128 Å². The molecule has 0 aliphatic heterocycles. The van der Waals surface area contributed by atoms with Crippen molar-refractivity contribution >= 4 is 17.3 Å². The van der Waals surface area contributed by atoms with Crippen LogP contribution in [0.2, 0.25) is 0 Å². The van der Waals surface area contributed by atoms with E-state index in [0.29, 0.717) is 17.9 Å². The molecule has 3 aromatic rings. The van der Waals surface area contributed by atoms with E-state index in [0.717, 1.165) is 16.8 Å². The van der Waals surface area contributed by atoms with Crippen LogP contribution in [-0.4, -0.2) is 37.9 Å². The summed E-state index contributed by atoms with van der Waals surface area (Å²) in [5.74, 6) is -0.942. The molecule has 10 nitrogen and oxygen atoms in total. The fraction of sp³-hybridized carbons (Fsp3) is 0.278. The van der Waals surface area contributed by atoms with Crippen molar-refractivity contribution in [3.8, 4) is 5.88 Å². The van der Waals surface area contributed by atoms with E-state index in [1.807, 2.05) is 38.1 Å². The first-order valence-corrected chi connectivity index (χ1v) is 8.50. The third-order valence-corrected chi connectivity index (χ3v) is 4.51. The van der Waals surface area contributed by atoms with Gasteiger partial charge in [-0.2, -0.15) is 5.10 Å². The summed E-state index contributed by atoms with van der Waals surface area (Å²) >= 11 is 0. The average molecular weight is 384 g/mol. The van der Waals surface area contributed by atoms with Gasteiger partial charge in [0.1, 0.15) is 0 Å². The van der Waals surface area contributed by atoms with Crippen molar-refractivity contribution in [3.05, 3.63) is 62.6 Å². The summed E-state index contributed by atoms with van der Waals surface area (Å²) in [6.45, 7) is 6.16. The summed E-state index contributed by atoms with van der Waals surface area (Å²) in [6.07, 6.45) is 0. The molecule has 0 saturated carbocycles. The quantitative estimate of drug-likeness (QED) is 0.497. The lowest BCUT2D eigenvalue weighted by molar-refractivity contribution is -0.386. The van der Waals surface area contributed by atoms with Crippen LogP contribution in [0.5, 0.6) is 5.88 Å². The number of H-pyrrole nitrogens is 1. The van der Waals surface area contributed by atoms with E-state index in [2.05, 4.69) is 20.6 Å². The lowest BCUT2D eigenvalue weighted by Gasteiger charge is -2.08. The van der Waals surface area contributed by atoms with Gasteiger partial charge in [-0.25, -0.2) is 0 Å². The van der Waals surface area contributed by atoms with Crippen molar-refractivity contribution in [3.63, 3.8) is 0 Å². The van der Waals surface area contributed by atoms with E-state index < -0.39 is 16.5 Å². The molecule has 146 valence electrons. The monoisotopic (exact) mass is 384 g/mol. The molecule has 0 unspecified atom stereocenters. The molecule has 10 heteroatoms. The third kappa shape index (κ3) is 3.43. The number of nitrogens with one attached hydrogen (secondary N) is 2. The number of carbonyl (C=O) groups excluding carboxylic acids is 1. The summed E-state index contributed by atoms with van der Waals surface area (Å²) in [4.78, 5) is 23.2. The highest BCUT2D eigenvalue weighted by atomic mass is 16.6. The van der Waals surface area contributed by atoms with Gasteiger partial charge in [0.05, 0.1) is 35.7 Å². The van der Waals surface area contributed by atoms with Gasteiger partial charge < -0.3 is 10.1 Å². The highest BCUT2D eigenvalue weighted by molar-refractivity contribution is 6.06. The number of amides is 1. The second-order valence-electron chi connectivity index (χ2n) is 6.30. The van der Waals surface area contributed by atoms with Crippen LogP contribution in [0.3, 0.4) is 0 Å². The molecule has 0 radical (unpaired) electrons. The molecular formula is C18H20N6O4. The largest absolute Gasteiger partial charge is 0.475 e. The number of aryl methyl sites for hydroxylation is 2. The maximum absolute atomic E-state index is 12.6. The van der Waals surface area contributed by atoms with Crippen molar-refractivity contribution in [2.24, 2.45) is 0 Å². The Bertz CT molecular complexity index is 1050. The number of aromatic amines is 1. The van der Waals surface area contributed by atoms with E-state index in [1.165, 1.54) is 7.11 Å². The zero-order valence-electron chi connectivity index (χ0n) is 15.9. The zero-order chi connectivity index (χ0) is 20.4. The minimum absolute atomic E-state index is 0.251. The lowest BCUT2D eigenvalue weighted by atomic mass is 10.1. The summed E-state index contributed by atoms with van der Waals surface area (Å²) in [5, 5.41) is 24.5. The summed E-state index contributed by atoms with van der Waals surface area (Å²) < 4.78 is 6.62. The Labute approximate surface area is 160 Å². The predicted molar refractivity (Wildman–Crippen MR) is 102 cm³/mol. The Morgan fingerprint density at radius 2 is 2.04 bits per heavy atom. The number of nitro groups is 1. The maximum atomic E-state index is 12.6. The van der Waals surface area contributed by atoms with Gasteiger partial charge in [0, 0.05) is 0 Å². The number of rotatable bonds is 6. The molecule has 0 atom stereocenters. The molecule has 0 spiro atoms. The van der Waals surface area contributed by atoms with Crippen LogP contribution >= 0.6 is 0 Å². The van der Waals surface area contributed by atoms with Crippen LogP contribution < -0.4 is 10.1 Å². The second kappa shape index (κ2) is 7.51. The minimum atomic E-state index is -0.710. The van der Waals surface area contributed by atoms with Gasteiger partial charge in [0.15, 0.2) is 0 Å². The standard InChI is InChI=1S/C18H20N6O4/c1-10-7-5-6-8-13(10)9-23-12(3)14(11(2)22-23)19-17(25)15-16(24(26)27)18(28-4)21-20-15/h5-8H,9H2,1-4H3,(H,19,25)(H,20,21). The van der Waals surface area contributed by atoms with Crippen LogP contribution in [0.1, 0.15) is 33.0 Å². The molecule has 2 aromatic heterocycles. The van der Waals surface area contributed by atoms with Gasteiger partial charge in [-0.05, 0) is 31.9 Å². The smallest absolute Gasteiger partial charge is 0.362 e. The molecule has 3 rings (SSSR count). The summed E-state index contributed by atoms with van der Waals surface area (Å²) in [5.41, 5.74) is 3.30. The number of methoxy groups -OCH3 is 1. The number of aromatic nitrogens is 4. The number of ether oxygens (including phenoxy) is 1. The van der Waals surface area contributed by atoms with Gasteiger partial charge in [0.2, 0.25) is 5.69 Å². The van der Waals surface area contributed by atoms with Crippen LogP contribution in [0, 0.1) is 30.9 Å². The normalized spacial score (nSPS) is 10.7. The number of benzene rings is 1.